The van der Waals surface area contributed by atoms with Gasteiger partial charge in [-0.15, -0.1) is 11.3 Å². The molecule has 2 N–H and O–H groups in total. The van der Waals surface area contributed by atoms with Crippen LogP contribution in [0.15, 0.2) is 17.5 Å². The maximum absolute atomic E-state index is 6.26. The smallest absolute Gasteiger partial charge is 0.0594 e. The van der Waals surface area contributed by atoms with Crippen LogP contribution in [0.25, 0.3) is 0 Å². The molecule has 0 saturated carbocycles. The van der Waals surface area contributed by atoms with Gasteiger partial charge < -0.3 is 10.5 Å². The van der Waals surface area contributed by atoms with E-state index < -0.39 is 0 Å². The van der Waals surface area contributed by atoms with E-state index in [9.17, 15) is 0 Å². The lowest BCUT2D eigenvalue weighted by Crippen LogP contribution is -2.46. The Labute approximate surface area is 125 Å². The molecule has 3 heterocycles. The summed E-state index contributed by atoms with van der Waals surface area (Å²) in [5, 5.41) is 2.15. The minimum atomic E-state index is 0.178. The monoisotopic (exact) mass is 295 g/mol. The molecule has 0 aliphatic carbocycles. The van der Waals surface area contributed by atoms with Crippen LogP contribution in [-0.4, -0.2) is 61.3 Å². The zero-order chi connectivity index (χ0) is 13.9. The van der Waals surface area contributed by atoms with Crippen LogP contribution in [-0.2, 0) is 4.74 Å². The van der Waals surface area contributed by atoms with Crippen molar-refractivity contribution < 1.29 is 4.74 Å². The Morgan fingerprint density at radius 1 is 1.35 bits per heavy atom. The van der Waals surface area contributed by atoms with Gasteiger partial charge in [-0.3, -0.25) is 9.80 Å². The summed E-state index contributed by atoms with van der Waals surface area (Å²) >= 11 is 1.83. The van der Waals surface area contributed by atoms with E-state index in [1.807, 2.05) is 11.3 Å². The zero-order valence-electron chi connectivity index (χ0n) is 12.2. The molecule has 3 unspecified atom stereocenters. The summed E-state index contributed by atoms with van der Waals surface area (Å²) < 4.78 is 5.46. The molecular weight excluding hydrogens is 270 g/mol. The van der Waals surface area contributed by atoms with Crippen LogP contribution in [0.3, 0.4) is 0 Å². The molecule has 2 fully saturated rings. The molecule has 4 nitrogen and oxygen atoms in total. The number of nitrogens with two attached hydrogens (primary N) is 1. The second-order valence-electron chi connectivity index (χ2n) is 5.91. The number of likely N-dealkylation sites (tertiary alicyclic amines) is 1. The Bertz CT molecular complexity index is 403. The Balaban J connectivity index is 1.65. The van der Waals surface area contributed by atoms with Crippen molar-refractivity contribution in [2.24, 2.45) is 5.73 Å². The fourth-order valence-corrected chi connectivity index (χ4v) is 4.47. The lowest BCUT2D eigenvalue weighted by molar-refractivity contribution is 0.0173. The van der Waals surface area contributed by atoms with Gasteiger partial charge in [0.15, 0.2) is 0 Å². The Morgan fingerprint density at radius 3 is 2.80 bits per heavy atom. The predicted molar refractivity (Wildman–Crippen MR) is 83.1 cm³/mol. The molecule has 20 heavy (non-hydrogen) atoms. The van der Waals surface area contributed by atoms with Gasteiger partial charge in [-0.1, -0.05) is 6.07 Å². The highest BCUT2D eigenvalue weighted by atomic mass is 32.1. The van der Waals surface area contributed by atoms with Crippen molar-refractivity contribution in [2.75, 3.05) is 39.4 Å². The van der Waals surface area contributed by atoms with Gasteiger partial charge in [0.2, 0.25) is 0 Å². The largest absolute Gasteiger partial charge is 0.379 e. The molecule has 3 rings (SSSR count). The highest BCUT2D eigenvalue weighted by Crippen LogP contribution is 2.31. The first-order valence-corrected chi connectivity index (χ1v) is 8.48. The van der Waals surface area contributed by atoms with E-state index in [2.05, 4.69) is 34.2 Å². The third-order valence-electron chi connectivity index (χ3n) is 4.48. The molecule has 3 atom stereocenters. The molecule has 1 aromatic heterocycles. The molecule has 0 aromatic carbocycles. The summed E-state index contributed by atoms with van der Waals surface area (Å²) in [6.07, 6.45) is 1.26. The standard InChI is InChI=1S/C15H25N3OS/c1-12(16)15(14-3-2-10-20-14)18-5-4-13(11-18)17-6-8-19-9-7-17/h2-3,10,12-13,15H,4-9,11,16H2,1H3. The summed E-state index contributed by atoms with van der Waals surface area (Å²) in [7, 11) is 0. The van der Waals surface area contributed by atoms with Gasteiger partial charge in [-0.05, 0) is 24.8 Å². The number of thiophene rings is 1. The molecule has 5 heteroatoms. The van der Waals surface area contributed by atoms with E-state index in [0.29, 0.717) is 12.1 Å². The average molecular weight is 295 g/mol. The summed E-state index contributed by atoms with van der Waals surface area (Å²) in [6.45, 7) is 8.37. The Morgan fingerprint density at radius 2 is 2.15 bits per heavy atom. The van der Waals surface area contributed by atoms with Crippen LogP contribution in [0, 0.1) is 0 Å². The molecule has 2 saturated heterocycles. The summed E-state index contributed by atoms with van der Waals surface area (Å²) in [6, 6.07) is 5.59. The molecule has 0 bridgehead atoms. The SMILES string of the molecule is CC(N)C(c1cccs1)N1CCC(N2CCOCC2)C1. The Kier molecular flexibility index (Phi) is 4.73. The number of ether oxygens (including phenoxy) is 1. The van der Waals surface area contributed by atoms with E-state index in [1.54, 1.807) is 0 Å². The fourth-order valence-electron chi connectivity index (χ4n) is 3.49. The van der Waals surface area contributed by atoms with E-state index in [0.717, 1.165) is 39.4 Å². The van der Waals surface area contributed by atoms with Crippen LogP contribution in [0.2, 0.25) is 0 Å². The van der Waals surface area contributed by atoms with Crippen LogP contribution in [0.5, 0.6) is 0 Å². The quantitative estimate of drug-likeness (QED) is 0.915. The molecule has 112 valence electrons. The van der Waals surface area contributed by atoms with Crippen molar-refractivity contribution in [3.05, 3.63) is 22.4 Å². The maximum Gasteiger partial charge on any atom is 0.0594 e. The van der Waals surface area contributed by atoms with Crippen LogP contribution >= 0.6 is 11.3 Å². The fraction of sp³-hybridized carbons (Fsp3) is 0.733. The highest BCUT2D eigenvalue weighted by molar-refractivity contribution is 7.10. The first-order valence-electron chi connectivity index (χ1n) is 7.60. The van der Waals surface area contributed by atoms with Gasteiger partial charge >= 0.3 is 0 Å². The van der Waals surface area contributed by atoms with Crippen LogP contribution in [0.4, 0.5) is 0 Å². The molecule has 0 spiro atoms. The van der Waals surface area contributed by atoms with Gasteiger partial charge in [0.05, 0.1) is 19.3 Å². The van der Waals surface area contributed by atoms with E-state index >= 15 is 0 Å². The number of hydrogen-bond acceptors (Lipinski definition) is 5. The minimum absolute atomic E-state index is 0.178. The van der Waals surface area contributed by atoms with E-state index in [1.165, 1.54) is 11.3 Å². The second-order valence-corrected chi connectivity index (χ2v) is 6.88. The maximum atomic E-state index is 6.26. The molecule has 0 radical (unpaired) electrons. The van der Waals surface area contributed by atoms with Crippen molar-refractivity contribution in [1.29, 1.82) is 0 Å². The molecule has 2 aliphatic heterocycles. The average Bonchev–Trinajstić information content (AvgIpc) is 3.12. The van der Waals surface area contributed by atoms with Gasteiger partial charge in [-0.25, -0.2) is 0 Å². The van der Waals surface area contributed by atoms with Crippen LogP contribution in [0.1, 0.15) is 24.3 Å². The third kappa shape index (κ3) is 3.07. The van der Waals surface area contributed by atoms with E-state index in [4.69, 9.17) is 10.5 Å². The highest BCUT2D eigenvalue weighted by Gasteiger charge is 2.34. The van der Waals surface area contributed by atoms with Crippen molar-refractivity contribution in [3.63, 3.8) is 0 Å². The summed E-state index contributed by atoms with van der Waals surface area (Å²) in [5.74, 6) is 0. The van der Waals surface area contributed by atoms with Crippen molar-refractivity contribution in [2.45, 2.75) is 31.5 Å². The molecule has 2 aliphatic rings. The number of hydrogen-bond donors (Lipinski definition) is 1. The first kappa shape index (κ1) is 14.5. The lowest BCUT2D eigenvalue weighted by Gasteiger charge is -2.34. The van der Waals surface area contributed by atoms with Crippen LogP contribution < -0.4 is 5.73 Å². The van der Waals surface area contributed by atoms with Gasteiger partial charge in [0.1, 0.15) is 0 Å². The van der Waals surface area contributed by atoms with Gasteiger partial charge in [0, 0.05) is 43.1 Å². The first-order chi connectivity index (χ1) is 9.75. The Hall–Kier alpha value is -0.460. The topological polar surface area (TPSA) is 41.7 Å². The summed E-state index contributed by atoms with van der Waals surface area (Å²) in [5.41, 5.74) is 6.26. The molecule has 1 aromatic rings. The number of nitrogens with zero attached hydrogens (tertiary/aromatic N) is 2. The zero-order valence-corrected chi connectivity index (χ0v) is 13.0. The second kappa shape index (κ2) is 6.54. The number of rotatable bonds is 4. The van der Waals surface area contributed by atoms with Crippen molar-refractivity contribution >= 4 is 11.3 Å². The third-order valence-corrected chi connectivity index (χ3v) is 5.43. The normalized spacial score (nSPS) is 28.6. The van der Waals surface area contributed by atoms with Crippen molar-refractivity contribution in [1.82, 2.24) is 9.80 Å². The summed E-state index contributed by atoms with van der Waals surface area (Å²) in [4.78, 5) is 6.58. The van der Waals surface area contributed by atoms with Gasteiger partial charge in [0.25, 0.3) is 0 Å². The predicted octanol–water partition coefficient (Wildman–Crippen LogP) is 1.54. The molecule has 0 amide bonds. The van der Waals surface area contributed by atoms with Gasteiger partial charge in [-0.2, -0.15) is 0 Å². The molecular formula is C15H25N3OS. The van der Waals surface area contributed by atoms with Crippen molar-refractivity contribution in [3.8, 4) is 0 Å². The number of morpholine rings is 1. The minimum Gasteiger partial charge on any atom is -0.379 e. The lowest BCUT2D eigenvalue weighted by atomic mass is 10.1. The van der Waals surface area contributed by atoms with E-state index in [-0.39, 0.29) is 6.04 Å².